The van der Waals surface area contributed by atoms with Crippen molar-refractivity contribution in [3.8, 4) is 0 Å². The number of primary amides is 1. The molecule has 0 aromatic heterocycles. The van der Waals surface area contributed by atoms with Crippen molar-refractivity contribution in [1.29, 1.82) is 0 Å². The first-order valence-electron chi connectivity index (χ1n) is 3.92. The zero-order chi connectivity index (χ0) is 8.97. The molecule has 0 aromatic rings. The second-order valence-electron chi connectivity index (χ2n) is 2.71. The lowest BCUT2D eigenvalue weighted by Crippen LogP contribution is -2.41. The fraction of sp³-hybridized carbons (Fsp3) is 0.857. The Morgan fingerprint density at radius 1 is 1.75 bits per heavy atom. The number of aliphatic hydroxyl groups excluding tert-OH is 1. The van der Waals surface area contributed by atoms with Crippen LogP contribution in [0.1, 0.15) is 12.8 Å². The Kier molecular flexibility index (Phi) is 3.31. The van der Waals surface area contributed by atoms with Crippen molar-refractivity contribution in [2.45, 2.75) is 25.0 Å². The predicted molar refractivity (Wildman–Crippen MR) is 40.5 cm³/mol. The van der Waals surface area contributed by atoms with Crippen LogP contribution in [0.3, 0.4) is 0 Å². The summed E-state index contributed by atoms with van der Waals surface area (Å²) in [7, 11) is 0. The Balaban J connectivity index is 2.41. The van der Waals surface area contributed by atoms with Crippen molar-refractivity contribution < 1.29 is 19.4 Å². The van der Waals surface area contributed by atoms with Gasteiger partial charge in [0.15, 0.2) is 0 Å². The number of carbonyl (C=O) groups is 1. The minimum absolute atomic E-state index is 0.141. The summed E-state index contributed by atoms with van der Waals surface area (Å²) in [5, 5.41) is 8.82. The fourth-order valence-electron chi connectivity index (χ4n) is 1.27. The largest absolute Gasteiger partial charge is 0.444 e. The third kappa shape index (κ3) is 2.35. The fourth-order valence-corrected chi connectivity index (χ4v) is 1.27. The molecule has 0 radical (unpaired) electrons. The van der Waals surface area contributed by atoms with Crippen LogP contribution in [0.2, 0.25) is 0 Å². The van der Waals surface area contributed by atoms with E-state index in [1.54, 1.807) is 0 Å². The smallest absolute Gasteiger partial charge is 0.404 e. The van der Waals surface area contributed by atoms with Crippen molar-refractivity contribution in [2.24, 2.45) is 5.73 Å². The highest BCUT2D eigenvalue weighted by molar-refractivity contribution is 5.64. The molecular formula is C7H13NO4. The molecule has 1 saturated heterocycles. The van der Waals surface area contributed by atoms with E-state index in [0.717, 1.165) is 6.42 Å². The number of carbonyl (C=O) groups excluding carboxylic acids is 1. The number of nitrogens with two attached hydrogens (primary N) is 1. The highest BCUT2D eigenvalue weighted by atomic mass is 16.6. The average molecular weight is 175 g/mol. The summed E-state index contributed by atoms with van der Waals surface area (Å²) in [6, 6.07) is 0. The van der Waals surface area contributed by atoms with E-state index in [-0.39, 0.29) is 12.7 Å². The lowest BCUT2D eigenvalue weighted by atomic mass is 10.1. The summed E-state index contributed by atoms with van der Waals surface area (Å²) in [6.45, 7) is 0.460. The molecule has 1 fully saturated rings. The van der Waals surface area contributed by atoms with Gasteiger partial charge in [-0.05, 0) is 12.8 Å². The monoisotopic (exact) mass is 175 g/mol. The van der Waals surface area contributed by atoms with Crippen LogP contribution in [0, 0.1) is 0 Å². The van der Waals surface area contributed by atoms with Gasteiger partial charge in [0.1, 0.15) is 12.2 Å². The lowest BCUT2D eigenvalue weighted by Gasteiger charge is -2.29. The summed E-state index contributed by atoms with van der Waals surface area (Å²) in [4.78, 5) is 10.4. The van der Waals surface area contributed by atoms with Crippen LogP contribution in [-0.4, -0.2) is 36.6 Å². The zero-order valence-corrected chi connectivity index (χ0v) is 6.73. The van der Waals surface area contributed by atoms with Crippen LogP contribution in [0.5, 0.6) is 0 Å². The van der Waals surface area contributed by atoms with Crippen LogP contribution >= 0.6 is 0 Å². The summed E-state index contributed by atoms with van der Waals surface area (Å²) < 4.78 is 9.91. The van der Waals surface area contributed by atoms with Crippen molar-refractivity contribution >= 4 is 6.09 Å². The van der Waals surface area contributed by atoms with E-state index in [1.165, 1.54) is 0 Å². The van der Waals surface area contributed by atoms with Gasteiger partial charge in [-0.25, -0.2) is 4.79 Å². The minimum atomic E-state index is -0.816. The summed E-state index contributed by atoms with van der Waals surface area (Å²) in [5.41, 5.74) is 4.84. The Bertz CT molecular complexity index is 161. The topological polar surface area (TPSA) is 81.8 Å². The van der Waals surface area contributed by atoms with Crippen LogP contribution in [-0.2, 0) is 9.47 Å². The van der Waals surface area contributed by atoms with E-state index >= 15 is 0 Å². The third-order valence-corrected chi connectivity index (χ3v) is 1.83. The maximum Gasteiger partial charge on any atom is 0.404 e. The van der Waals surface area contributed by atoms with Gasteiger partial charge in [0.2, 0.25) is 0 Å². The molecule has 3 N–H and O–H groups in total. The number of aliphatic hydroxyl groups is 1. The second kappa shape index (κ2) is 4.27. The third-order valence-electron chi connectivity index (χ3n) is 1.83. The van der Waals surface area contributed by atoms with Crippen LogP contribution in [0.4, 0.5) is 4.79 Å². The Labute approximate surface area is 70.4 Å². The van der Waals surface area contributed by atoms with Crippen LogP contribution in [0.25, 0.3) is 0 Å². The summed E-state index contributed by atoms with van der Waals surface area (Å²) in [5.74, 6) is 0. The molecule has 0 saturated carbocycles. The van der Waals surface area contributed by atoms with Crippen molar-refractivity contribution in [3.63, 3.8) is 0 Å². The summed E-state index contributed by atoms with van der Waals surface area (Å²) >= 11 is 0. The van der Waals surface area contributed by atoms with Gasteiger partial charge in [-0.3, -0.25) is 0 Å². The zero-order valence-electron chi connectivity index (χ0n) is 6.73. The first kappa shape index (κ1) is 9.28. The highest BCUT2D eigenvalue weighted by Gasteiger charge is 2.27. The van der Waals surface area contributed by atoms with Gasteiger partial charge in [0.25, 0.3) is 0 Å². The highest BCUT2D eigenvalue weighted by Crippen LogP contribution is 2.16. The average Bonchev–Trinajstić information content (AvgIpc) is 2.04. The second-order valence-corrected chi connectivity index (χ2v) is 2.71. The Morgan fingerprint density at radius 3 is 3.08 bits per heavy atom. The molecule has 12 heavy (non-hydrogen) atoms. The van der Waals surface area contributed by atoms with E-state index in [2.05, 4.69) is 0 Å². The Morgan fingerprint density at radius 2 is 2.50 bits per heavy atom. The van der Waals surface area contributed by atoms with Crippen LogP contribution < -0.4 is 5.73 Å². The standard InChI is InChI=1S/C7H13NO4/c8-7(10)12-5-2-1-3-11-6(5)4-9/h5-6,9H,1-4H2,(H2,8,10)/t5-,6+/m0/s1. The lowest BCUT2D eigenvalue weighted by molar-refractivity contribution is -0.0960. The number of hydrogen-bond acceptors (Lipinski definition) is 4. The van der Waals surface area contributed by atoms with E-state index in [1.807, 2.05) is 0 Å². The Hall–Kier alpha value is -0.810. The van der Waals surface area contributed by atoms with Gasteiger partial charge < -0.3 is 20.3 Å². The maximum absolute atomic E-state index is 10.4. The predicted octanol–water partition coefficient (Wildman–Crippen LogP) is -0.378. The molecule has 1 aliphatic rings. The van der Waals surface area contributed by atoms with E-state index in [0.29, 0.717) is 13.0 Å². The van der Waals surface area contributed by atoms with Crippen molar-refractivity contribution in [3.05, 3.63) is 0 Å². The van der Waals surface area contributed by atoms with Gasteiger partial charge in [-0.15, -0.1) is 0 Å². The van der Waals surface area contributed by atoms with Gasteiger partial charge in [-0.2, -0.15) is 0 Å². The van der Waals surface area contributed by atoms with Crippen LogP contribution in [0.15, 0.2) is 0 Å². The molecule has 0 bridgehead atoms. The SMILES string of the molecule is NC(=O)O[C@H]1CCCO[C@@H]1CO. The first-order valence-corrected chi connectivity index (χ1v) is 3.92. The first-order chi connectivity index (χ1) is 5.74. The molecule has 70 valence electrons. The van der Waals surface area contributed by atoms with E-state index in [4.69, 9.17) is 20.3 Å². The van der Waals surface area contributed by atoms with Crippen molar-refractivity contribution in [2.75, 3.05) is 13.2 Å². The number of rotatable bonds is 2. The molecule has 1 amide bonds. The van der Waals surface area contributed by atoms with Crippen molar-refractivity contribution in [1.82, 2.24) is 0 Å². The van der Waals surface area contributed by atoms with Gasteiger partial charge in [0, 0.05) is 6.61 Å². The number of hydrogen-bond donors (Lipinski definition) is 2. The van der Waals surface area contributed by atoms with Gasteiger partial charge >= 0.3 is 6.09 Å². The number of ether oxygens (including phenoxy) is 2. The number of amides is 1. The summed E-state index contributed by atoms with van der Waals surface area (Å²) in [6.07, 6.45) is -0.0840. The molecule has 5 nitrogen and oxygen atoms in total. The quantitative estimate of drug-likeness (QED) is 0.599. The van der Waals surface area contributed by atoms with Gasteiger partial charge in [-0.1, -0.05) is 0 Å². The molecule has 0 spiro atoms. The normalized spacial score (nSPS) is 29.8. The van der Waals surface area contributed by atoms with E-state index < -0.39 is 12.2 Å². The van der Waals surface area contributed by atoms with E-state index in [9.17, 15) is 4.79 Å². The molecule has 0 aliphatic carbocycles. The maximum atomic E-state index is 10.4. The molecule has 0 unspecified atom stereocenters. The molecule has 2 atom stereocenters. The molecule has 1 heterocycles. The minimum Gasteiger partial charge on any atom is -0.444 e. The molecule has 1 rings (SSSR count). The molecule has 0 aromatic carbocycles. The molecule has 5 heteroatoms. The molecule has 1 aliphatic heterocycles. The van der Waals surface area contributed by atoms with Gasteiger partial charge in [0.05, 0.1) is 6.61 Å². The molecular weight excluding hydrogens is 162 g/mol.